The van der Waals surface area contributed by atoms with Gasteiger partial charge in [0.1, 0.15) is 0 Å². The molecule has 104 valence electrons. The predicted molar refractivity (Wildman–Crippen MR) is 74.5 cm³/mol. The molecule has 4 nitrogen and oxygen atoms in total. The van der Waals surface area contributed by atoms with Gasteiger partial charge >= 0.3 is 5.97 Å². The number of aryl methyl sites for hydroxylation is 3. The van der Waals surface area contributed by atoms with E-state index in [0.717, 1.165) is 16.7 Å². The van der Waals surface area contributed by atoms with Crippen LogP contribution in [-0.4, -0.2) is 22.5 Å². The third-order valence-corrected chi connectivity index (χ3v) is 2.95. The molecule has 0 aliphatic heterocycles. The van der Waals surface area contributed by atoms with E-state index >= 15 is 0 Å². The molecule has 0 atom stereocenters. The number of carboxylic acids is 1. The number of benzene rings is 1. The van der Waals surface area contributed by atoms with E-state index in [1.807, 2.05) is 32.9 Å². The minimum atomic E-state index is -0.928. The van der Waals surface area contributed by atoms with E-state index in [-0.39, 0.29) is 12.3 Å². The van der Waals surface area contributed by atoms with E-state index in [2.05, 4.69) is 5.32 Å². The quantitative estimate of drug-likeness (QED) is 0.877. The average molecular weight is 263 g/mol. The van der Waals surface area contributed by atoms with E-state index in [0.29, 0.717) is 5.56 Å². The fraction of sp³-hybridized carbons (Fsp3) is 0.467. The van der Waals surface area contributed by atoms with Gasteiger partial charge in [-0.05, 0) is 45.7 Å². The first-order valence-electron chi connectivity index (χ1n) is 6.24. The molecule has 0 fully saturated rings. The lowest BCUT2D eigenvalue weighted by atomic mass is 9.96. The van der Waals surface area contributed by atoms with Crippen LogP contribution in [0.4, 0.5) is 0 Å². The van der Waals surface area contributed by atoms with Crippen LogP contribution in [0.25, 0.3) is 0 Å². The van der Waals surface area contributed by atoms with Gasteiger partial charge in [0.05, 0.1) is 6.42 Å². The summed E-state index contributed by atoms with van der Waals surface area (Å²) in [5.74, 6) is -1.15. The number of carbonyl (C=O) groups is 2. The van der Waals surface area contributed by atoms with Crippen LogP contribution in [0.1, 0.15) is 47.3 Å². The Morgan fingerprint density at radius 3 is 2.05 bits per heavy atom. The average Bonchev–Trinajstić information content (AvgIpc) is 2.10. The van der Waals surface area contributed by atoms with Gasteiger partial charge in [0.15, 0.2) is 0 Å². The molecule has 19 heavy (non-hydrogen) atoms. The van der Waals surface area contributed by atoms with Gasteiger partial charge in [-0.1, -0.05) is 17.7 Å². The van der Waals surface area contributed by atoms with Gasteiger partial charge in [-0.25, -0.2) is 0 Å². The highest BCUT2D eigenvalue weighted by molar-refractivity contribution is 5.97. The maximum absolute atomic E-state index is 12.3. The minimum Gasteiger partial charge on any atom is -0.481 e. The summed E-state index contributed by atoms with van der Waals surface area (Å²) < 4.78 is 0. The maximum atomic E-state index is 12.3. The molecule has 0 aliphatic rings. The molecule has 1 rings (SSSR count). The first-order chi connectivity index (χ1) is 8.62. The second-order valence-electron chi connectivity index (χ2n) is 5.68. The van der Waals surface area contributed by atoms with Crippen molar-refractivity contribution >= 4 is 11.9 Å². The Morgan fingerprint density at radius 2 is 1.63 bits per heavy atom. The molecule has 2 N–H and O–H groups in total. The molecule has 0 saturated heterocycles. The van der Waals surface area contributed by atoms with Crippen molar-refractivity contribution in [1.82, 2.24) is 5.32 Å². The highest BCUT2D eigenvalue weighted by Crippen LogP contribution is 2.18. The lowest BCUT2D eigenvalue weighted by Crippen LogP contribution is -2.45. The van der Waals surface area contributed by atoms with Gasteiger partial charge in [-0.3, -0.25) is 9.59 Å². The van der Waals surface area contributed by atoms with Crippen LogP contribution in [0.3, 0.4) is 0 Å². The van der Waals surface area contributed by atoms with E-state index in [4.69, 9.17) is 5.11 Å². The van der Waals surface area contributed by atoms with Crippen LogP contribution in [0.15, 0.2) is 12.1 Å². The Kier molecular flexibility index (Phi) is 4.35. The van der Waals surface area contributed by atoms with Crippen molar-refractivity contribution in [1.29, 1.82) is 0 Å². The molecule has 1 aromatic carbocycles. The van der Waals surface area contributed by atoms with Crippen LogP contribution in [0, 0.1) is 20.8 Å². The molecule has 1 amide bonds. The van der Waals surface area contributed by atoms with Gasteiger partial charge in [0, 0.05) is 11.1 Å². The summed E-state index contributed by atoms with van der Waals surface area (Å²) >= 11 is 0. The molecule has 0 radical (unpaired) electrons. The molecule has 0 aliphatic carbocycles. The standard InChI is InChI=1S/C15H21NO3/c1-9-6-10(2)13(11(3)7-9)14(19)16-15(4,5)8-12(17)18/h6-7H,8H2,1-5H3,(H,16,19)(H,17,18). The topological polar surface area (TPSA) is 66.4 Å². The van der Waals surface area contributed by atoms with E-state index in [1.165, 1.54) is 0 Å². The number of nitrogens with one attached hydrogen (secondary N) is 1. The second kappa shape index (κ2) is 5.43. The summed E-state index contributed by atoms with van der Waals surface area (Å²) in [5.41, 5.74) is 2.77. The fourth-order valence-electron chi connectivity index (χ4n) is 2.33. The van der Waals surface area contributed by atoms with Crippen LogP contribution in [0.5, 0.6) is 0 Å². The Labute approximate surface area is 113 Å². The lowest BCUT2D eigenvalue weighted by molar-refractivity contribution is -0.138. The van der Waals surface area contributed by atoms with Crippen molar-refractivity contribution in [3.63, 3.8) is 0 Å². The smallest absolute Gasteiger partial charge is 0.305 e. The van der Waals surface area contributed by atoms with Gasteiger partial charge in [0.25, 0.3) is 5.91 Å². The summed E-state index contributed by atoms with van der Waals surface area (Å²) in [7, 11) is 0. The van der Waals surface area contributed by atoms with E-state index < -0.39 is 11.5 Å². The summed E-state index contributed by atoms with van der Waals surface area (Å²) in [6.45, 7) is 9.17. The fourth-order valence-corrected chi connectivity index (χ4v) is 2.33. The van der Waals surface area contributed by atoms with Gasteiger partial charge in [-0.15, -0.1) is 0 Å². The number of hydrogen-bond acceptors (Lipinski definition) is 2. The third-order valence-electron chi connectivity index (χ3n) is 2.95. The largest absolute Gasteiger partial charge is 0.481 e. The van der Waals surface area contributed by atoms with Crippen molar-refractivity contribution in [2.45, 2.75) is 46.6 Å². The van der Waals surface area contributed by atoms with Crippen LogP contribution in [0.2, 0.25) is 0 Å². The molecule has 0 saturated carbocycles. The van der Waals surface area contributed by atoms with E-state index in [9.17, 15) is 9.59 Å². The van der Waals surface area contributed by atoms with Crippen molar-refractivity contribution in [3.8, 4) is 0 Å². The summed E-state index contributed by atoms with van der Waals surface area (Å²) in [4.78, 5) is 23.1. The van der Waals surface area contributed by atoms with Crippen molar-refractivity contribution in [3.05, 3.63) is 34.4 Å². The summed E-state index contributed by atoms with van der Waals surface area (Å²) in [5, 5.41) is 11.6. The molecule has 0 unspecified atom stereocenters. The monoisotopic (exact) mass is 263 g/mol. The highest BCUT2D eigenvalue weighted by Gasteiger charge is 2.25. The van der Waals surface area contributed by atoms with E-state index in [1.54, 1.807) is 13.8 Å². The van der Waals surface area contributed by atoms with Gasteiger partial charge in [-0.2, -0.15) is 0 Å². The molecule has 0 spiro atoms. The Balaban J connectivity index is 2.99. The molecule has 0 heterocycles. The normalized spacial score (nSPS) is 11.2. The zero-order chi connectivity index (χ0) is 14.8. The van der Waals surface area contributed by atoms with Crippen molar-refractivity contribution < 1.29 is 14.7 Å². The number of carbonyl (C=O) groups excluding carboxylic acids is 1. The molecule has 0 aromatic heterocycles. The Morgan fingerprint density at radius 1 is 1.16 bits per heavy atom. The molecular formula is C15H21NO3. The number of rotatable bonds is 4. The first-order valence-corrected chi connectivity index (χ1v) is 6.24. The van der Waals surface area contributed by atoms with Gasteiger partial charge in [0.2, 0.25) is 0 Å². The second-order valence-corrected chi connectivity index (χ2v) is 5.68. The summed E-state index contributed by atoms with van der Waals surface area (Å²) in [6, 6.07) is 3.90. The summed E-state index contributed by atoms with van der Waals surface area (Å²) in [6.07, 6.45) is -0.108. The molecule has 4 heteroatoms. The molecule has 0 bridgehead atoms. The van der Waals surface area contributed by atoms with Crippen molar-refractivity contribution in [2.75, 3.05) is 0 Å². The molecule has 1 aromatic rings. The Hall–Kier alpha value is -1.84. The Bertz CT molecular complexity index is 495. The minimum absolute atomic E-state index is 0.108. The number of hydrogen-bond donors (Lipinski definition) is 2. The number of amides is 1. The maximum Gasteiger partial charge on any atom is 0.305 e. The zero-order valence-electron chi connectivity index (χ0n) is 12.1. The lowest BCUT2D eigenvalue weighted by Gasteiger charge is -2.25. The number of carboxylic acid groups (broad SMARTS) is 1. The first kappa shape index (κ1) is 15.2. The van der Waals surface area contributed by atoms with Crippen LogP contribution in [-0.2, 0) is 4.79 Å². The van der Waals surface area contributed by atoms with Gasteiger partial charge < -0.3 is 10.4 Å². The van der Waals surface area contributed by atoms with Crippen LogP contribution >= 0.6 is 0 Å². The SMILES string of the molecule is Cc1cc(C)c(C(=O)NC(C)(C)CC(=O)O)c(C)c1. The van der Waals surface area contributed by atoms with Crippen LogP contribution < -0.4 is 5.32 Å². The number of aliphatic carboxylic acids is 1. The molecular weight excluding hydrogens is 242 g/mol. The zero-order valence-corrected chi connectivity index (χ0v) is 12.1. The third kappa shape index (κ3) is 4.09. The predicted octanol–water partition coefficient (Wildman–Crippen LogP) is 2.59. The highest BCUT2D eigenvalue weighted by atomic mass is 16.4. The van der Waals surface area contributed by atoms with Crippen molar-refractivity contribution in [2.24, 2.45) is 0 Å².